The highest BCUT2D eigenvalue weighted by molar-refractivity contribution is 9.10. The summed E-state index contributed by atoms with van der Waals surface area (Å²) < 4.78 is 6.24. The molecule has 1 aliphatic rings. The molecular formula is C22H17BrN2O4. The first-order valence-electron chi connectivity index (χ1n) is 8.85. The molecule has 29 heavy (non-hydrogen) atoms. The fourth-order valence-corrected chi connectivity index (χ4v) is 3.70. The number of hydrogen-bond donors (Lipinski definition) is 3. The number of ether oxygens (including phenoxy) is 1. The van der Waals surface area contributed by atoms with Gasteiger partial charge in [0.15, 0.2) is 0 Å². The third-order valence-electron chi connectivity index (χ3n) is 4.71. The van der Waals surface area contributed by atoms with Crippen LogP contribution in [0.5, 0.6) is 5.75 Å². The number of carboxylic acid groups (broad SMARTS) is 1. The SMILES string of the molecule is COc1cc(-c2ccc3c(c2)Nc2ccc(CC(=O)O)cc2NC3=O)ccc1Br. The number of anilines is 3. The van der Waals surface area contributed by atoms with Gasteiger partial charge in [-0.25, -0.2) is 0 Å². The Morgan fingerprint density at radius 3 is 2.48 bits per heavy atom. The van der Waals surface area contributed by atoms with Crippen molar-refractivity contribution in [1.82, 2.24) is 0 Å². The van der Waals surface area contributed by atoms with E-state index in [0.29, 0.717) is 28.2 Å². The molecule has 0 aliphatic carbocycles. The lowest BCUT2D eigenvalue weighted by Gasteiger charge is -2.12. The highest BCUT2D eigenvalue weighted by Gasteiger charge is 2.20. The summed E-state index contributed by atoms with van der Waals surface area (Å²) in [5.41, 5.74) is 4.94. The average Bonchev–Trinajstić information content (AvgIpc) is 2.83. The van der Waals surface area contributed by atoms with Crippen LogP contribution in [0.25, 0.3) is 11.1 Å². The summed E-state index contributed by atoms with van der Waals surface area (Å²) in [6, 6.07) is 16.6. The molecule has 4 rings (SSSR count). The lowest BCUT2D eigenvalue weighted by molar-refractivity contribution is -0.136. The second-order valence-corrected chi connectivity index (χ2v) is 7.49. The molecule has 0 saturated carbocycles. The van der Waals surface area contributed by atoms with Gasteiger partial charge in [0.25, 0.3) is 5.91 Å². The minimum atomic E-state index is -0.921. The first kappa shape index (κ1) is 19.0. The zero-order chi connectivity index (χ0) is 20.5. The van der Waals surface area contributed by atoms with Crippen LogP contribution in [0.4, 0.5) is 17.1 Å². The first-order valence-corrected chi connectivity index (χ1v) is 9.65. The van der Waals surface area contributed by atoms with Gasteiger partial charge in [0.1, 0.15) is 5.75 Å². The monoisotopic (exact) mass is 452 g/mol. The van der Waals surface area contributed by atoms with Gasteiger partial charge in [0.05, 0.1) is 40.6 Å². The van der Waals surface area contributed by atoms with Crippen LogP contribution in [0, 0.1) is 0 Å². The van der Waals surface area contributed by atoms with E-state index in [4.69, 9.17) is 9.84 Å². The van der Waals surface area contributed by atoms with Gasteiger partial charge in [-0.1, -0.05) is 18.2 Å². The van der Waals surface area contributed by atoms with Crippen LogP contribution in [0.2, 0.25) is 0 Å². The summed E-state index contributed by atoms with van der Waals surface area (Å²) >= 11 is 3.45. The van der Waals surface area contributed by atoms with Gasteiger partial charge in [-0.05, 0) is 69.0 Å². The highest BCUT2D eigenvalue weighted by Crippen LogP contribution is 2.36. The molecule has 0 aromatic heterocycles. The number of carboxylic acids is 1. The van der Waals surface area contributed by atoms with E-state index < -0.39 is 5.97 Å². The van der Waals surface area contributed by atoms with Crippen LogP contribution < -0.4 is 15.4 Å². The predicted molar refractivity (Wildman–Crippen MR) is 115 cm³/mol. The van der Waals surface area contributed by atoms with Gasteiger partial charge in [-0.3, -0.25) is 9.59 Å². The van der Waals surface area contributed by atoms with Crippen molar-refractivity contribution in [3.63, 3.8) is 0 Å². The van der Waals surface area contributed by atoms with Crippen LogP contribution in [-0.4, -0.2) is 24.1 Å². The molecule has 146 valence electrons. The average molecular weight is 453 g/mol. The Morgan fingerprint density at radius 2 is 1.72 bits per heavy atom. The number of carbonyl (C=O) groups is 2. The predicted octanol–water partition coefficient (Wildman–Crippen LogP) is 5.06. The number of rotatable bonds is 4. The third kappa shape index (κ3) is 3.82. The molecule has 0 radical (unpaired) electrons. The van der Waals surface area contributed by atoms with Crippen molar-refractivity contribution in [2.45, 2.75) is 6.42 Å². The number of amides is 1. The van der Waals surface area contributed by atoms with Crippen molar-refractivity contribution in [3.05, 3.63) is 70.2 Å². The van der Waals surface area contributed by atoms with Crippen molar-refractivity contribution in [1.29, 1.82) is 0 Å². The number of benzene rings is 3. The number of carbonyl (C=O) groups excluding carboxylic acids is 1. The Kier molecular flexibility index (Phi) is 4.98. The van der Waals surface area contributed by atoms with Crippen LogP contribution in [0.1, 0.15) is 15.9 Å². The van der Waals surface area contributed by atoms with E-state index in [1.54, 1.807) is 31.4 Å². The normalized spacial score (nSPS) is 12.1. The summed E-state index contributed by atoms with van der Waals surface area (Å²) in [6.45, 7) is 0. The number of halogens is 1. The summed E-state index contributed by atoms with van der Waals surface area (Å²) in [4.78, 5) is 23.7. The Balaban J connectivity index is 1.73. The van der Waals surface area contributed by atoms with Gasteiger partial charge in [-0.15, -0.1) is 0 Å². The quantitative estimate of drug-likeness (QED) is 0.514. The maximum atomic E-state index is 12.7. The van der Waals surface area contributed by atoms with Crippen LogP contribution in [-0.2, 0) is 11.2 Å². The number of methoxy groups -OCH3 is 1. The molecule has 7 heteroatoms. The van der Waals surface area contributed by atoms with Crippen molar-refractivity contribution in [3.8, 4) is 16.9 Å². The lowest BCUT2D eigenvalue weighted by atomic mass is 10.0. The first-order chi connectivity index (χ1) is 13.9. The molecule has 3 aromatic rings. The topological polar surface area (TPSA) is 87.7 Å². The molecule has 0 fully saturated rings. The molecule has 0 saturated heterocycles. The Morgan fingerprint density at radius 1 is 0.966 bits per heavy atom. The molecule has 6 nitrogen and oxygen atoms in total. The maximum absolute atomic E-state index is 12.7. The van der Waals surface area contributed by atoms with Crippen molar-refractivity contribution >= 4 is 44.9 Å². The highest BCUT2D eigenvalue weighted by atomic mass is 79.9. The van der Waals surface area contributed by atoms with E-state index in [0.717, 1.165) is 21.3 Å². The molecule has 0 spiro atoms. The van der Waals surface area contributed by atoms with E-state index in [-0.39, 0.29) is 12.3 Å². The van der Waals surface area contributed by atoms with Crippen molar-refractivity contribution in [2.75, 3.05) is 17.7 Å². The van der Waals surface area contributed by atoms with Gasteiger partial charge >= 0.3 is 5.97 Å². The molecule has 1 aliphatic heterocycles. The molecule has 3 N–H and O–H groups in total. The molecular weight excluding hydrogens is 436 g/mol. The second kappa shape index (κ2) is 7.60. The number of aliphatic carboxylic acids is 1. The Labute approximate surface area is 175 Å². The van der Waals surface area contributed by atoms with Gasteiger partial charge in [0, 0.05) is 0 Å². The number of fused-ring (bicyclic) bond motifs is 2. The fraction of sp³-hybridized carbons (Fsp3) is 0.0909. The smallest absolute Gasteiger partial charge is 0.307 e. The standard InChI is InChI=1S/C22H17BrN2O4/c1-29-20-11-14(4-6-16(20)23)13-3-5-15-18(10-13)24-17-7-2-12(9-21(26)27)8-19(17)25-22(15)28/h2-8,10-11,24H,9H2,1H3,(H,25,28)(H,26,27). The molecule has 1 heterocycles. The lowest BCUT2D eigenvalue weighted by Crippen LogP contribution is -2.11. The van der Waals surface area contributed by atoms with E-state index in [1.807, 2.05) is 30.3 Å². The minimum absolute atomic E-state index is 0.106. The second-order valence-electron chi connectivity index (χ2n) is 6.64. The molecule has 3 aromatic carbocycles. The van der Waals surface area contributed by atoms with Gasteiger partial charge < -0.3 is 20.5 Å². The molecule has 0 atom stereocenters. The zero-order valence-corrected chi connectivity index (χ0v) is 17.0. The number of nitrogens with one attached hydrogen (secondary N) is 2. The van der Waals surface area contributed by atoms with Crippen LogP contribution in [0.3, 0.4) is 0 Å². The zero-order valence-electron chi connectivity index (χ0n) is 15.5. The fourth-order valence-electron chi connectivity index (χ4n) is 3.29. The van der Waals surface area contributed by atoms with Gasteiger partial charge in [0.2, 0.25) is 0 Å². The van der Waals surface area contributed by atoms with E-state index in [2.05, 4.69) is 26.6 Å². The van der Waals surface area contributed by atoms with Crippen molar-refractivity contribution < 1.29 is 19.4 Å². The summed E-state index contributed by atoms with van der Waals surface area (Å²) in [5, 5.41) is 15.1. The van der Waals surface area contributed by atoms with Gasteiger partial charge in [-0.2, -0.15) is 0 Å². The van der Waals surface area contributed by atoms with E-state index >= 15 is 0 Å². The van der Waals surface area contributed by atoms with E-state index in [1.165, 1.54) is 0 Å². The summed E-state index contributed by atoms with van der Waals surface area (Å²) in [7, 11) is 1.61. The van der Waals surface area contributed by atoms with Crippen molar-refractivity contribution in [2.24, 2.45) is 0 Å². The summed E-state index contributed by atoms with van der Waals surface area (Å²) in [5.74, 6) is -0.450. The number of hydrogen-bond acceptors (Lipinski definition) is 4. The molecule has 1 amide bonds. The minimum Gasteiger partial charge on any atom is -0.496 e. The molecule has 0 bridgehead atoms. The Bertz CT molecular complexity index is 1140. The van der Waals surface area contributed by atoms with Crippen LogP contribution in [0.15, 0.2) is 59.1 Å². The van der Waals surface area contributed by atoms with E-state index in [9.17, 15) is 9.59 Å². The third-order valence-corrected chi connectivity index (χ3v) is 5.36. The Hall–Kier alpha value is -3.32. The maximum Gasteiger partial charge on any atom is 0.307 e. The summed E-state index contributed by atoms with van der Waals surface area (Å²) in [6.07, 6.45) is -0.106. The molecule has 0 unspecified atom stereocenters. The van der Waals surface area contributed by atoms with Crippen LogP contribution >= 0.6 is 15.9 Å². The largest absolute Gasteiger partial charge is 0.496 e.